The molecule has 85 heavy (non-hydrogen) atoms. The predicted molar refractivity (Wildman–Crippen MR) is 364 cm³/mol. The Balaban J connectivity index is 2.17. The van der Waals surface area contributed by atoms with Crippen molar-refractivity contribution in [2.75, 3.05) is 13.2 Å². The number of hydrogen-bond donors (Lipinski definition) is 6. The molecule has 0 spiro atoms. The molecule has 9 nitrogen and oxygen atoms in total. The highest BCUT2D eigenvalue weighted by atomic mass is 16.7. The Bertz CT molecular complexity index is 1710. The van der Waals surface area contributed by atoms with Crippen molar-refractivity contribution in [3.63, 3.8) is 0 Å². The Hall–Kier alpha value is -3.15. The van der Waals surface area contributed by atoms with Crippen molar-refractivity contribution < 1.29 is 39.8 Å². The minimum Gasteiger partial charge on any atom is -0.394 e. The first-order valence-corrected chi connectivity index (χ1v) is 35.6. The van der Waals surface area contributed by atoms with Crippen molar-refractivity contribution >= 4 is 5.91 Å². The van der Waals surface area contributed by atoms with Gasteiger partial charge in [-0.15, -0.1) is 0 Å². The van der Waals surface area contributed by atoms with E-state index < -0.39 is 49.5 Å². The Morgan fingerprint density at radius 2 is 0.718 bits per heavy atom. The molecule has 7 unspecified atom stereocenters. The molecule has 0 saturated carbocycles. The van der Waals surface area contributed by atoms with E-state index in [1.807, 2.05) is 0 Å². The van der Waals surface area contributed by atoms with Crippen molar-refractivity contribution in [2.45, 2.75) is 352 Å². The molecule has 1 aliphatic heterocycles. The van der Waals surface area contributed by atoms with Gasteiger partial charge in [0.1, 0.15) is 24.4 Å². The number of unbranched alkanes of at least 4 members (excludes halogenated alkanes) is 33. The minimum absolute atomic E-state index is 0.167. The number of nitrogens with one attached hydrogen (secondary N) is 1. The summed E-state index contributed by atoms with van der Waals surface area (Å²) in [6.45, 7) is 3.72. The third-order valence-electron chi connectivity index (χ3n) is 16.4. The minimum atomic E-state index is -1.57. The molecule has 0 aliphatic carbocycles. The van der Waals surface area contributed by atoms with Gasteiger partial charge in [-0.25, -0.2) is 0 Å². The summed E-state index contributed by atoms with van der Waals surface area (Å²) in [6, 6.07) is -0.761. The highest BCUT2D eigenvalue weighted by Crippen LogP contribution is 2.24. The molecule has 9 heteroatoms. The molecule has 1 heterocycles. The third-order valence-corrected chi connectivity index (χ3v) is 16.4. The highest BCUT2D eigenvalue weighted by molar-refractivity contribution is 5.76. The maximum Gasteiger partial charge on any atom is 0.220 e. The number of aliphatic hydroxyl groups is 5. The van der Waals surface area contributed by atoms with Crippen molar-refractivity contribution in [3.8, 4) is 0 Å². The standard InChI is InChI=1S/C76H133NO8/c1-3-5-7-9-11-13-15-17-19-21-23-25-27-29-31-33-34-35-36-38-39-41-43-45-47-49-51-53-55-57-59-61-63-65-70(79)69(68-84-76-75(83)74(82)73(81)71(67-78)85-76)77-72(80)66-64-62-60-58-56-54-52-50-48-46-44-42-40-37-32-30-28-26-24-22-20-18-16-14-12-10-8-6-4-2/h6,8,12,14,18,20,24,26,30,32,40,42,46,48,52,54,58,60,69-71,73-76,78-79,81-83H,3-5,7,9-11,13,15-17,19,21-23,25,27-29,31,33-39,41,43-45,47,49-51,53,55-57,59,61-68H2,1-2H3,(H,77,80)/b8-6-,14-12-,20-18-,26-24-,32-30-,42-40-,48-46-,54-52-,60-58-. The van der Waals surface area contributed by atoms with E-state index in [-0.39, 0.29) is 18.9 Å². The molecule has 1 aliphatic rings. The molecule has 0 aromatic carbocycles. The topological polar surface area (TPSA) is 149 Å². The van der Waals surface area contributed by atoms with Crippen LogP contribution in [0.5, 0.6) is 0 Å². The normalized spacial score (nSPS) is 18.8. The molecule has 0 bridgehead atoms. The van der Waals surface area contributed by atoms with E-state index in [1.165, 1.54) is 193 Å². The Morgan fingerprint density at radius 3 is 1.04 bits per heavy atom. The molecule has 490 valence electrons. The number of carbonyl (C=O) groups is 1. The monoisotopic (exact) mass is 1190 g/mol. The SMILES string of the molecule is CC/C=C\C/C=C\C/C=C\C/C=C\C/C=C\C/C=C\C/C=C\C/C=C\C/C=C\CCCC(=O)NC(COC1OC(CO)C(O)C(O)C1O)C(O)CCCCCCCCCCCCCCCCCCCCCCCCCCCCCCCCCCC. The van der Waals surface area contributed by atoms with Crippen molar-refractivity contribution in [3.05, 3.63) is 109 Å². The number of carbonyl (C=O) groups excluding carboxylic acids is 1. The van der Waals surface area contributed by atoms with Crippen LogP contribution in [0.3, 0.4) is 0 Å². The van der Waals surface area contributed by atoms with Crippen LogP contribution < -0.4 is 5.32 Å². The van der Waals surface area contributed by atoms with Gasteiger partial charge in [-0.2, -0.15) is 0 Å². The van der Waals surface area contributed by atoms with E-state index in [0.717, 1.165) is 83.5 Å². The summed E-state index contributed by atoms with van der Waals surface area (Å²) < 4.78 is 11.3. The average Bonchev–Trinajstić information content (AvgIpc) is 3.56. The van der Waals surface area contributed by atoms with Crippen LogP contribution in [0.15, 0.2) is 109 Å². The van der Waals surface area contributed by atoms with Crippen molar-refractivity contribution in [1.82, 2.24) is 5.32 Å². The van der Waals surface area contributed by atoms with Crippen LogP contribution in [-0.4, -0.2) is 87.5 Å². The fourth-order valence-electron chi connectivity index (χ4n) is 10.9. The summed E-state index contributed by atoms with van der Waals surface area (Å²) in [7, 11) is 0. The molecule has 1 fully saturated rings. The van der Waals surface area contributed by atoms with Gasteiger partial charge in [0.15, 0.2) is 6.29 Å². The van der Waals surface area contributed by atoms with Gasteiger partial charge < -0.3 is 40.3 Å². The zero-order valence-electron chi connectivity index (χ0n) is 54.8. The van der Waals surface area contributed by atoms with Gasteiger partial charge in [0.25, 0.3) is 0 Å². The number of hydrogen-bond acceptors (Lipinski definition) is 8. The third kappa shape index (κ3) is 52.5. The molecule has 1 amide bonds. The van der Waals surface area contributed by atoms with Crippen molar-refractivity contribution in [1.29, 1.82) is 0 Å². The maximum absolute atomic E-state index is 13.1. The van der Waals surface area contributed by atoms with Crippen LogP contribution in [0.4, 0.5) is 0 Å². The average molecular weight is 1190 g/mol. The van der Waals surface area contributed by atoms with E-state index in [9.17, 15) is 30.3 Å². The van der Waals surface area contributed by atoms with Crippen LogP contribution in [0.2, 0.25) is 0 Å². The largest absolute Gasteiger partial charge is 0.394 e. The fourth-order valence-corrected chi connectivity index (χ4v) is 10.9. The predicted octanol–water partition coefficient (Wildman–Crippen LogP) is 19.6. The second kappa shape index (κ2) is 63.9. The lowest BCUT2D eigenvalue weighted by Gasteiger charge is -2.40. The van der Waals surface area contributed by atoms with Gasteiger partial charge in [0.05, 0.1) is 25.4 Å². The molecule has 0 aromatic rings. The maximum atomic E-state index is 13.1. The van der Waals surface area contributed by atoms with Gasteiger partial charge in [-0.3, -0.25) is 4.79 Å². The second-order valence-corrected chi connectivity index (χ2v) is 24.3. The van der Waals surface area contributed by atoms with E-state index in [4.69, 9.17) is 9.47 Å². The molecular weight excluding hydrogens is 1050 g/mol. The van der Waals surface area contributed by atoms with Crippen molar-refractivity contribution in [2.24, 2.45) is 0 Å². The van der Waals surface area contributed by atoms with E-state index >= 15 is 0 Å². The number of aliphatic hydroxyl groups excluding tert-OH is 5. The van der Waals surface area contributed by atoms with Crippen LogP contribution in [-0.2, 0) is 14.3 Å². The first kappa shape index (κ1) is 79.9. The lowest BCUT2D eigenvalue weighted by molar-refractivity contribution is -0.302. The van der Waals surface area contributed by atoms with Gasteiger partial charge in [0.2, 0.25) is 5.91 Å². The zero-order chi connectivity index (χ0) is 61.4. The summed E-state index contributed by atoms with van der Waals surface area (Å²) in [4.78, 5) is 13.1. The summed E-state index contributed by atoms with van der Waals surface area (Å²) in [5, 5.41) is 54.9. The van der Waals surface area contributed by atoms with E-state index in [0.29, 0.717) is 12.8 Å². The van der Waals surface area contributed by atoms with Crippen LogP contribution in [0, 0.1) is 0 Å². The van der Waals surface area contributed by atoms with E-state index in [1.54, 1.807) is 0 Å². The molecule has 1 rings (SSSR count). The van der Waals surface area contributed by atoms with Gasteiger partial charge >= 0.3 is 0 Å². The number of allylic oxidation sites excluding steroid dienone is 18. The Labute approximate surface area is 523 Å². The van der Waals surface area contributed by atoms with Crippen LogP contribution in [0.1, 0.15) is 309 Å². The Morgan fingerprint density at radius 1 is 0.412 bits per heavy atom. The fraction of sp³-hybridized carbons (Fsp3) is 0.750. The first-order chi connectivity index (χ1) is 41.8. The lowest BCUT2D eigenvalue weighted by Crippen LogP contribution is -2.60. The molecule has 0 aromatic heterocycles. The molecule has 7 atom stereocenters. The highest BCUT2D eigenvalue weighted by Gasteiger charge is 2.44. The van der Waals surface area contributed by atoms with Gasteiger partial charge in [0, 0.05) is 6.42 Å². The summed E-state index contributed by atoms with van der Waals surface area (Å²) >= 11 is 0. The first-order valence-electron chi connectivity index (χ1n) is 35.6. The smallest absolute Gasteiger partial charge is 0.220 e. The summed E-state index contributed by atoms with van der Waals surface area (Å²) in [5.41, 5.74) is 0. The quantitative estimate of drug-likeness (QED) is 0.0261. The molecular formula is C76H133NO8. The van der Waals surface area contributed by atoms with Crippen LogP contribution >= 0.6 is 0 Å². The molecule has 1 saturated heterocycles. The van der Waals surface area contributed by atoms with Gasteiger partial charge in [-0.1, -0.05) is 335 Å². The summed E-state index contributed by atoms with van der Waals surface area (Å²) in [6.07, 6.45) is 87.4. The van der Waals surface area contributed by atoms with E-state index in [2.05, 4.69) is 129 Å². The Kier molecular flexibility index (Phi) is 60.0. The molecule has 6 N–H and O–H groups in total. The van der Waals surface area contributed by atoms with Crippen LogP contribution in [0.25, 0.3) is 0 Å². The number of rotatable bonds is 61. The second-order valence-electron chi connectivity index (χ2n) is 24.3. The number of amides is 1. The summed E-state index contributed by atoms with van der Waals surface area (Å²) in [5.74, 6) is -0.202. The van der Waals surface area contributed by atoms with Gasteiger partial charge in [-0.05, 0) is 77.0 Å². The molecule has 0 radical (unpaired) electrons. The number of ether oxygens (including phenoxy) is 2. The zero-order valence-corrected chi connectivity index (χ0v) is 54.8. The lowest BCUT2D eigenvalue weighted by atomic mass is 9.99.